The lowest BCUT2D eigenvalue weighted by Gasteiger charge is -2.25. The molecule has 0 saturated carbocycles. The molecule has 7 nitrogen and oxygen atoms in total. The number of hydrogen-bond donors (Lipinski definition) is 0. The minimum absolute atomic E-state index is 0.0736. The van der Waals surface area contributed by atoms with Crippen molar-refractivity contribution < 1.29 is 9.18 Å². The molecule has 3 heterocycles. The van der Waals surface area contributed by atoms with Gasteiger partial charge in [-0.05, 0) is 55.5 Å². The average molecular weight is 549 g/mol. The summed E-state index contributed by atoms with van der Waals surface area (Å²) in [5.41, 5.74) is 3.07. The van der Waals surface area contributed by atoms with Gasteiger partial charge in [0, 0.05) is 32.6 Å². The molecule has 1 aliphatic rings. The SMILES string of the molecule is Cc1nn(-c2ccc(F)cc2)c2nc(CCC(C)C)nc(N3CCCN(C(=O)[C@@H](Cl)c4ccccc4)CC3)c12. The molecule has 1 fully saturated rings. The molecule has 9 heteroatoms. The van der Waals surface area contributed by atoms with Crippen molar-refractivity contribution in [3.8, 4) is 5.69 Å². The van der Waals surface area contributed by atoms with Gasteiger partial charge in [0.15, 0.2) is 5.65 Å². The summed E-state index contributed by atoms with van der Waals surface area (Å²) < 4.78 is 15.4. The van der Waals surface area contributed by atoms with Crippen LogP contribution in [0.1, 0.15) is 49.1 Å². The lowest BCUT2D eigenvalue weighted by molar-refractivity contribution is -0.130. The Morgan fingerprint density at radius 1 is 1.00 bits per heavy atom. The van der Waals surface area contributed by atoms with Crippen molar-refractivity contribution >= 4 is 34.4 Å². The van der Waals surface area contributed by atoms with Crippen molar-refractivity contribution in [2.75, 3.05) is 31.1 Å². The van der Waals surface area contributed by atoms with Crippen LogP contribution in [0.15, 0.2) is 54.6 Å². The Balaban J connectivity index is 1.47. The number of halogens is 2. The van der Waals surface area contributed by atoms with Crippen LogP contribution in [0.5, 0.6) is 0 Å². The number of fused-ring (bicyclic) bond motifs is 1. The molecule has 0 N–H and O–H groups in total. The molecule has 0 radical (unpaired) electrons. The van der Waals surface area contributed by atoms with Gasteiger partial charge in [-0.1, -0.05) is 44.2 Å². The van der Waals surface area contributed by atoms with Crippen molar-refractivity contribution in [3.05, 3.63) is 77.5 Å². The third kappa shape index (κ3) is 5.91. The second-order valence-corrected chi connectivity index (χ2v) is 10.9. The predicted octanol–water partition coefficient (Wildman–Crippen LogP) is 5.87. The van der Waals surface area contributed by atoms with Crippen LogP contribution in [0, 0.1) is 18.7 Å². The molecule has 1 amide bonds. The standard InChI is InChI=1S/C30H34ClFN6O/c1-20(2)10-15-25-33-28(26-21(3)35-38(29(26)34-25)24-13-11-23(32)12-14-24)36-16-7-17-37(19-18-36)30(39)27(31)22-8-5-4-6-9-22/h4-6,8-9,11-14,20,27H,7,10,15-19H2,1-3H3/t27-/m0/s1. The molecule has 0 unspecified atom stereocenters. The van der Waals surface area contributed by atoms with Gasteiger partial charge in [0.05, 0.1) is 16.8 Å². The number of aryl methyl sites for hydroxylation is 2. The zero-order valence-electron chi connectivity index (χ0n) is 22.6. The van der Waals surface area contributed by atoms with E-state index in [0.717, 1.165) is 59.8 Å². The summed E-state index contributed by atoms with van der Waals surface area (Å²) in [7, 11) is 0. The summed E-state index contributed by atoms with van der Waals surface area (Å²) in [5, 5.41) is 4.96. The molecule has 2 aromatic carbocycles. The molecule has 1 aliphatic heterocycles. The monoisotopic (exact) mass is 548 g/mol. The van der Waals surface area contributed by atoms with E-state index in [0.29, 0.717) is 31.2 Å². The maximum absolute atomic E-state index is 13.6. The molecule has 0 bridgehead atoms. The summed E-state index contributed by atoms with van der Waals surface area (Å²) in [5.74, 6) is 1.74. The topological polar surface area (TPSA) is 67.2 Å². The maximum Gasteiger partial charge on any atom is 0.245 e. The van der Waals surface area contributed by atoms with Crippen LogP contribution >= 0.6 is 11.6 Å². The second-order valence-electron chi connectivity index (χ2n) is 10.5. The van der Waals surface area contributed by atoms with E-state index in [4.69, 9.17) is 26.7 Å². The van der Waals surface area contributed by atoms with E-state index in [1.807, 2.05) is 42.2 Å². The Kier molecular flexibility index (Phi) is 8.12. The summed E-state index contributed by atoms with van der Waals surface area (Å²) >= 11 is 6.59. The fourth-order valence-corrected chi connectivity index (χ4v) is 5.28. The highest BCUT2D eigenvalue weighted by Gasteiger charge is 2.28. The first kappa shape index (κ1) is 27.1. The van der Waals surface area contributed by atoms with Crippen molar-refractivity contribution in [2.24, 2.45) is 5.92 Å². The molecule has 5 rings (SSSR count). The molecule has 0 aliphatic carbocycles. The van der Waals surface area contributed by atoms with Crippen LogP contribution < -0.4 is 4.90 Å². The predicted molar refractivity (Wildman–Crippen MR) is 153 cm³/mol. The Hall–Kier alpha value is -3.52. The number of anilines is 1. The smallest absolute Gasteiger partial charge is 0.245 e. The van der Waals surface area contributed by atoms with Crippen molar-refractivity contribution in [1.29, 1.82) is 0 Å². The number of nitrogens with zero attached hydrogens (tertiary/aromatic N) is 6. The zero-order valence-corrected chi connectivity index (χ0v) is 23.4. The molecule has 4 aromatic rings. The molecule has 1 atom stereocenters. The Labute approximate surface area is 233 Å². The van der Waals surface area contributed by atoms with Gasteiger partial charge in [-0.15, -0.1) is 11.6 Å². The molecule has 1 saturated heterocycles. The van der Waals surface area contributed by atoms with E-state index < -0.39 is 5.38 Å². The van der Waals surface area contributed by atoms with E-state index in [-0.39, 0.29) is 11.7 Å². The normalized spacial score (nSPS) is 15.1. The molecular weight excluding hydrogens is 515 g/mol. The second kappa shape index (κ2) is 11.7. The Morgan fingerprint density at radius 2 is 1.74 bits per heavy atom. The number of hydrogen-bond acceptors (Lipinski definition) is 5. The first-order valence-electron chi connectivity index (χ1n) is 13.6. The van der Waals surface area contributed by atoms with E-state index in [1.54, 1.807) is 16.8 Å². The maximum atomic E-state index is 13.6. The van der Waals surface area contributed by atoms with Crippen molar-refractivity contribution in [1.82, 2.24) is 24.6 Å². The van der Waals surface area contributed by atoms with Crippen LogP contribution in [0.3, 0.4) is 0 Å². The fraction of sp³-hybridized carbons (Fsp3) is 0.400. The van der Waals surface area contributed by atoms with Gasteiger partial charge >= 0.3 is 0 Å². The lowest BCUT2D eigenvalue weighted by Crippen LogP contribution is -2.37. The van der Waals surface area contributed by atoms with Crippen LogP contribution in [0.4, 0.5) is 10.2 Å². The molecule has 0 spiro atoms. The number of amides is 1. The van der Waals surface area contributed by atoms with Crippen LogP contribution in [0.2, 0.25) is 0 Å². The highest BCUT2D eigenvalue weighted by molar-refractivity contribution is 6.30. The van der Waals surface area contributed by atoms with E-state index in [2.05, 4.69) is 18.7 Å². The van der Waals surface area contributed by atoms with E-state index in [1.165, 1.54) is 12.1 Å². The van der Waals surface area contributed by atoms with Crippen LogP contribution in [0.25, 0.3) is 16.7 Å². The van der Waals surface area contributed by atoms with Crippen molar-refractivity contribution in [2.45, 2.75) is 45.4 Å². The Bertz CT molecular complexity index is 1440. The van der Waals surface area contributed by atoms with Crippen LogP contribution in [-0.4, -0.2) is 56.7 Å². The summed E-state index contributed by atoms with van der Waals surface area (Å²) in [6, 6.07) is 15.8. The number of alkyl halides is 1. The van der Waals surface area contributed by atoms with Crippen LogP contribution in [-0.2, 0) is 11.2 Å². The first-order valence-corrected chi connectivity index (χ1v) is 14.0. The van der Waals surface area contributed by atoms with E-state index >= 15 is 0 Å². The number of benzene rings is 2. The van der Waals surface area contributed by atoms with E-state index in [9.17, 15) is 9.18 Å². The van der Waals surface area contributed by atoms with Gasteiger partial charge in [-0.3, -0.25) is 4.79 Å². The number of carbonyl (C=O) groups is 1. The van der Waals surface area contributed by atoms with Crippen molar-refractivity contribution in [3.63, 3.8) is 0 Å². The average Bonchev–Trinajstić information content (AvgIpc) is 3.11. The molecule has 2 aromatic heterocycles. The lowest BCUT2D eigenvalue weighted by atomic mass is 10.1. The highest BCUT2D eigenvalue weighted by atomic mass is 35.5. The minimum Gasteiger partial charge on any atom is -0.354 e. The number of aromatic nitrogens is 4. The minimum atomic E-state index is -0.706. The number of rotatable bonds is 7. The summed E-state index contributed by atoms with van der Waals surface area (Å²) in [4.78, 5) is 27.3. The summed E-state index contributed by atoms with van der Waals surface area (Å²) in [6.07, 6.45) is 2.51. The third-order valence-corrected chi connectivity index (χ3v) is 7.60. The quantitative estimate of drug-likeness (QED) is 0.270. The Morgan fingerprint density at radius 3 is 2.46 bits per heavy atom. The third-order valence-electron chi connectivity index (χ3n) is 7.16. The molecule has 204 valence electrons. The summed E-state index contributed by atoms with van der Waals surface area (Å²) in [6.45, 7) is 8.88. The molecular formula is C30H34ClFN6O. The zero-order chi connectivity index (χ0) is 27.5. The first-order chi connectivity index (χ1) is 18.8. The van der Waals surface area contributed by atoms with Gasteiger partial charge in [-0.2, -0.15) is 5.10 Å². The van der Waals surface area contributed by atoms with Gasteiger partial charge in [-0.25, -0.2) is 19.0 Å². The number of carbonyl (C=O) groups excluding carboxylic acids is 1. The molecule has 39 heavy (non-hydrogen) atoms. The van der Waals surface area contributed by atoms with Gasteiger partial charge in [0.2, 0.25) is 5.91 Å². The fourth-order valence-electron chi connectivity index (χ4n) is 5.00. The largest absolute Gasteiger partial charge is 0.354 e. The van der Waals surface area contributed by atoms with Gasteiger partial charge in [0.25, 0.3) is 0 Å². The highest BCUT2D eigenvalue weighted by Crippen LogP contribution is 2.31. The van der Waals surface area contributed by atoms with Gasteiger partial charge < -0.3 is 9.80 Å². The van der Waals surface area contributed by atoms with Gasteiger partial charge in [0.1, 0.15) is 22.8 Å².